The molecule has 1 aromatic heterocycles. The number of benzene rings is 1. The molecule has 0 radical (unpaired) electrons. The second-order valence-electron chi connectivity index (χ2n) is 5.58. The molecule has 0 N–H and O–H groups in total. The van der Waals surface area contributed by atoms with Crippen molar-refractivity contribution in [3.05, 3.63) is 36.2 Å². The first kappa shape index (κ1) is 15.1. The zero-order valence-electron chi connectivity index (χ0n) is 13.3. The van der Waals surface area contributed by atoms with Gasteiger partial charge in [0.25, 0.3) is 0 Å². The Kier molecular flexibility index (Phi) is 4.75. The summed E-state index contributed by atoms with van der Waals surface area (Å²) >= 11 is 0. The van der Waals surface area contributed by atoms with Gasteiger partial charge in [-0.25, -0.2) is 4.98 Å². The average molecular weight is 301 g/mol. The Labute approximate surface area is 131 Å². The molecule has 0 bridgehead atoms. The Bertz CT molecular complexity index is 586. The van der Waals surface area contributed by atoms with Crippen LogP contribution >= 0.6 is 0 Å². The summed E-state index contributed by atoms with van der Waals surface area (Å²) in [5, 5.41) is 0. The predicted octanol–water partition coefficient (Wildman–Crippen LogP) is 2.49. The lowest BCUT2D eigenvalue weighted by Gasteiger charge is -2.33. The fourth-order valence-corrected chi connectivity index (χ4v) is 2.74. The molecule has 0 aliphatic carbocycles. The molecule has 5 nitrogen and oxygen atoms in total. The van der Waals surface area contributed by atoms with Gasteiger partial charge in [-0.2, -0.15) is 0 Å². The van der Waals surface area contributed by atoms with Gasteiger partial charge in [0.1, 0.15) is 12.0 Å². The van der Waals surface area contributed by atoms with E-state index in [1.807, 2.05) is 24.3 Å². The topological polar surface area (TPSA) is 41.7 Å². The van der Waals surface area contributed by atoms with Gasteiger partial charge in [-0.3, -0.25) is 4.90 Å². The van der Waals surface area contributed by atoms with Gasteiger partial charge in [0.15, 0.2) is 0 Å². The average Bonchev–Trinajstić information content (AvgIpc) is 3.04. The van der Waals surface area contributed by atoms with Gasteiger partial charge in [-0.1, -0.05) is 6.92 Å². The maximum atomic E-state index is 5.62. The van der Waals surface area contributed by atoms with Gasteiger partial charge in [-0.05, 0) is 30.8 Å². The van der Waals surface area contributed by atoms with Crippen LogP contribution in [0.3, 0.4) is 0 Å². The zero-order chi connectivity index (χ0) is 15.4. The number of nitrogens with zero attached hydrogens (tertiary/aromatic N) is 3. The summed E-state index contributed by atoms with van der Waals surface area (Å²) in [6.45, 7) is 8.68. The maximum absolute atomic E-state index is 5.62. The Morgan fingerprint density at radius 3 is 2.41 bits per heavy atom. The molecule has 0 amide bonds. The normalized spacial score (nSPS) is 16.8. The number of methoxy groups -OCH3 is 1. The summed E-state index contributed by atoms with van der Waals surface area (Å²) in [6.07, 6.45) is 1.77. The lowest BCUT2D eigenvalue weighted by Crippen LogP contribution is -2.45. The molecule has 0 spiro atoms. The number of piperazine rings is 1. The van der Waals surface area contributed by atoms with Crippen molar-refractivity contribution in [1.29, 1.82) is 0 Å². The Morgan fingerprint density at radius 1 is 1.09 bits per heavy atom. The van der Waals surface area contributed by atoms with Crippen molar-refractivity contribution in [2.75, 3.05) is 39.8 Å². The number of rotatable bonds is 5. The summed E-state index contributed by atoms with van der Waals surface area (Å²) in [5.41, 5.74) is 1.97. The third-order valence-electron chi connectivity index (χ3n) is 4.19. The molecule has 3 rings (SSSR count). The largest absolute Gasteiger partial charge is 0.497 e. The van der Waals surface area contributed by atoms with Crippen molar-refractivity contribution in [3.63, 3.8) is 0 Å². The van der Waals surface area contributed by atoms with E-state index in [1.54, 1.807) is 13.4 Å². The molecule has 1 aromatic carbocycles. The molecule has 22 heavy (non-hydrogen) atoms. The summed E-state index contributed by atoms with van der Waals surface area (Å²) in [7, 11) is 1.66. The first-order valence-corrected chi connectivity index (χ1v) is 7.82. The number of ether oxygens (including phenoxy) is 1. The van der Waals surface area contributed by atoms with Crippen LogP contribution in [0.2, 0.25) is 0 Å². The van der Waals surface area contributed by atoms with E-state index < -0.39 is 0 Å². The van der Waals surface area contributed by atoms with Crippen LogP contribution in [-0.2, 0) is 6.54 Å². The summed E-state index contributed by atoms with van der Waals surface area (Å²) < 4.78 is 10.8. The molecule has 2 heterocycles. The van der Waals surface area contributed by atoms with E-state index in [9.17, 15) is 0 Å². The summed E-state index contributed by atoms with van der Waals surface area (Å²) in [6, 6.07) is 7.77. The smallest absolute Gasteiger partial charge is 0.226 e. The van der Waals surface area contributed by atoms with Gasteiger partial charge >= 0.3 is 0 Å². The van der Waals surface area contributed by atoms with Crippen molar-refractivity contribution < 1.29 is 9.15 Å². The third kappa shape index (κ3) is 3.48. The number of hydrogen-bond acceptors (Lipinski definition) is 5. The molecular formula is C17H23N3O2. The van der Waals surface area contributed by atoms with Crippen molar-refractivity contribution in [2.24, 2.45) is 0 Å². The monoisotopic (exact) mass is 301 g/mol. The van der Waals surface area contributed by atoms with Crippen molar-refractivity contribution in [1.82, 2.24) is 14.8 Å². The van der Waals surface area contributed by atoms with E-state index in [-0.39, 0.29) is 0 Å². The van der Waals surface area contributed by atoms with Crippen molar-refractivity contribution in [2.45, 2.75) is 13.5 Å². The van der Waals surface area contributed by atoms with E-state index >= 15 is 0 Å². The SMILES string of the molecule is CCN1CCN(Cc2coc(-c3ccc(OC)cc3)n2)CC1. The Balaban J connectivity index is 1.61. The van der Waals surface area contributed by atoms with E-state index in [4.69, 9.17) is 9.15 Å². The van der Waals surface area contributed by atoms with Gasteiger partial charge in [-0.15, -0.1) is 0 Å². The zero-order valence-corrected chi connectivity index (χ0v) is 13.3. The molecule has 0 saturated carbocycles. The maximum Gasteiger partial charge on any atom is 0.226 e. The van der Waals surface area contributed by atoms with Crippen LogP contribution in [-0.4, -0.2) is 54.6 Å². The van der Waals surface area contributed by atoms with Crippen molar-refractivity contribution >= 4 is 0 Å². The highest BCUT2D eigenvalue weighted by atomic mass is 16.5. The van der Waals surface area contributed by atoms with Gasteiger partial charge in [0.05, 0.1) is 12.8 Å². The molecule has 1 aliphatic heterocycles. The minimum atomic E-state index is 0.671. The lowest BCUT2D eigenvalue weighted by atomic mass is 10.2. The second kappa shape index (κ2) is 6.94. The highest BCUT2D eigenvalue weighted by Gasteiger charge is 2.17. The van der Waals surface area contributed by atoms with Gasteiger partial charge in [0, 0.05) is 38.3 Å². The van der Waals surface area contributed by atoms with Crippen LogP contribution < -0.4 is 4.74 Å². The molecule has 118 valence electrons. The van der Waals surface area contributed by atoms with Crippen LogP contribution in [0.1, 0.15) is 12.6 Å². The van der Waals surface area contributed by atoms with Crippen LogP contribution in [0.5, 0.6) is 5.75 Å². The highest BCUT2D eigenvalue weighted by Crippen LogP contribution is 2.22. The summed E-state index contributed by atoms with van der Waals surface area (Å²) in [4.78, 5) is 9.51. The van der Waals surface area contributed by atoms with Crippen LogP contribution in [0.25, 0.3) is 11.5 Å². The first-order valence-electron chi connectivity index (χ1n) is 7.82. The molecular weight excluding hydrogens is 278 g/mol. The van der Waals surface area contributed by atoms with E-state index in [1.165, 1.54) is 0 Å². The summed E-state index contributed by atoms with van der Waals surface area (Å²) in [5.74, 6) is 1.51. The van der Waals surface area contributed by atoms with Crippen LogP contribution in [0, 0.1) is 0 Å². The standard InChI is InChI=1S/C17H23N3O2/c1-3-19-8-10-20(11-9-19)12-15-13-22-17(18-15)14-4-6-16(21-2)7-5-14/h4-7,13H,3,8-12H2,1-2H3. The molecule has 2 aromatic rings. The molecule has 1 aliphatic rings. The quantitative estimate of drug-likeness (QED) is 0.849. The van der Waals surface area contributed by atoms with Gasteiger partial charge in [0.2, 0.25) is 5.89 Å². The van der Waals surface area contributed by atoms with Crippen LogP contribution in [0.4, 0.5) is 0 Å². The van der Waals surface area contributed by atoms with Crippen LogP contribution in [0.15, 0.2) is 34.9 Å². The van der Waals surface area contributed by atoms with E-state index in [0.29, 0.717) is 5.89 Å². The number of oxazole rings is 1. The molecule has 0 atom stereocenters. The van der Waals surface area contributed by atoms with E-state index in [0.717, 1.165) is 56.3 Å². The predicted molar refractivity (Wildman–Crippen MR) is 85.9 cm³/mol. The third-order valence-corrected chi connectivity index (χ3v) is 4.19. The van der Waals surface area contributed by atoms with Gasteiger partial charge < -0.3 is 14.1 Å². The second-order valence-corrected chi connectivity index (χ2v) is 5.58. The fourth-order valence-electron chi connectivity index (χ4n) is 2.74. The van der Waals surface area contributed by atoms with Crippen molar-refractivity contribution in [3.8, 4) is 17.2 Å². The molecule has 1 saturated heterocycles. The lowest BCUT2D eigenvalue weighted by molar-refractivity contribution is 0.131. The Morgan fingerprint density at radius 2 is 1.77 bits per heavy atom. The fraction of sp³-hybridized carbons (Fsp3) is 0.471. The number of likely N-dealkylation sites (N-methyl/N-ethyl adjacent to an activating group) is 1. The molecule has 1 fully saturated rings. The molecule has 5 heteroatoms. The Hall–Kier alpha value is -1.85. The minimum absolute atomic E-state index is 0.671. The first-order chi connectivity index (χ1) is 10.8. The minimum Gasteiger partial charge on any atom is -0.497 e. The number of aromatic nitrogens is 1. The molecule has 0 unspecified atom stereocenters. The highest BCUT2D eigenvalue weighted by molar-refractivity contribution is 5.54. The van der Waals surface area contributed by atoms with E-state index in [2.05, 4.69) is 21.7 Å². The number of hydrogen-bond donors (Lipinski definition) is 0.